The van der Waals surface area contributed by atoms with Crippen LogP contribution in [0.2, 0.25) is 10.0 Å². The van der Waals surface area contributed by atoms with Gasteiger partial charge in [0.05, 0.1) is 16.3 Å². The van der Waals surface area contributed by atoms with Crippen LogP contribution >= 0.6 is 23.2 Å². The predicted octanol–water partition coefficient (Wildman–Crippen LogP) is 6.49. The Balaban J connectivity index is 1.44. The van der Waals surface area contributed by atoms with Crippen LogP contribution in [0.15, 0.2) is 90.0 Å². The molecule has 31 heavy (non-hydrogen) atoms. The van der Waals surface area contributed by atoms with E-state index in [0.29, 0.717) is 33.5 Å². The van der Waals surface area contributed by atoms with Crippen molar-refractivity contribution in [3.63, 3.8) is 0 Å². The highest BCUT2D eigenvalue weighted by atomic mass is 35.5. The number of hydrazone groups is 1. The molecule has 6 heteroatoms. The topological polar surface area (TPSA) is 50.7 Å². The minimum Gasteiger partial charge on any atom is -0.486 e. The predicted molar refractivity (Wildman–Crippen MR) is 126 cm³/mol. The second kappa shape index (κ2) is 9.65. The first-order chi connectivity index (χ1) is 15.1. The lowest BCUT2D eigenvalue weighted by molar-refractivity contribution is 0.0957. The highest BCUT2D eigenvalue weighted by molar-refractivity contribution is 6.37. The van der Waals surface area contributed by atoms with Gasteiger partial charge in [-0.25, -0.2) is 5.43 Å². The number of nitrogens with one attached hydrogen (secondary N) is 1. The largest absolute Gasteiger partial charge is 0.486 e. The average molecular weight is 449 g/mol. The van der Waals surface area contributed by atoms with Gasteiger partial charge in [-0.05, 0) is 40.1 Å². The minimum absolute atomic E-state index is 0.298. The van der Waals surface area contributed by atoms with Crippen LogP contribution in [0.1, 0.15) is 21.5 Å². The van der Waals surface area contributed by atoms with Crippen molar-refractivity contribution in [1.29, 1.82) is 0 Å². The number of rotatable bonds is 6. The van der Waals surface area contributed by atoms with E-state index in [1.165, 1.54) is 6.21 Å². The lowest BCUT2D eigenvalue weighted by Gasteiger charge is -2.11. The van der Waals surface area contributed by atoms with Gasteiger partial charge in [-0.15, -0.1) is 0 Å². The van der Waals surface area contributed by atoms with Gasteiger partial charge in [-0.2, -0.15) is 5.10 Å². The zero-order valence-electron chi connectivity index (χ0n) is 16.4. The number of carbonyl (C=O) groups is 1. The number of hydrogen-bond acceptors (Lipinski definition) is 3. The third-order valence-corrected chi connectivity index (χ3v) is 5.22. The molecule has 0 bridgehead atoms. The summed E-state index contributed by atoms with van der Waals surface area (Å²) < 4.78 is 5.77. The number of nitrogens with zero attached hydrogens (tertiary/aromatic N) is 1. The molecule has 0 radical (unpaired) electrons. The maximum atomic E-state index is 12.6. The van der Waals surface area contributed by atoms with Crippen LogP contribution in [0, 0.1) is 0 Å². The van der Waals surface area contributed by atoms with Crippen LogP contribution in [0.3, 0.4) is 0 Å². The standard InChI is InChI=1S/C25H18Cl2N2O2/c26-22-13-18(14-23(27)24(22)31-16-17-7-2-1-3-8-17)15-28-29-25(30)21-12-6-10-19-9-4-5-11-20(19)21/h1-15H,16H2,(H,29,30)/b28-15-. The fourth-order valence-electron chi connectivity index (χ4n) is 3.17. The summed E-state index contributed by atoms with van der Waals surface area (Å²) in [5, 5.41) is 6.63. The normalized spacial score (nSPS) is 11.0. The van der Waals surface area contributed by atoms with Crippen molar-refractivity contribution in [3.8, 4) is 5.75 Å². The Hall–Kier alpha value is -3.34. The summed E-state index contributed by atoms with van der Waals surface area (Å²) in [5.41, 5.74) is 4.75. The van der Waals surface area contributed by atoms with E-state index in [0.717, 1.165) is 16.3 Å². The molecule has 0 fully saturated rings. The minimum atomic E-state index is -0.298. The number of amides is 1. The molecule has 0 spiro atoms. The molecule has 1 amide bonds. The molecule has 0 heterocycles. The number of benzene rings is 4. The van der Waals surface area contributed by atoms with Crippen molar-refractivity contribution in [2.24, 2.45) is 5.10 Å². The van der Waals surface area contributed by atoms with Crippen LogP contribution in [-0.2, 0) is 6.61 Å². The van der Waals surface area contributed by atoms with E-state index in [2.05, 4.69) is 10.5 Å². The van der Waals surface area contributed by atoms with Crippen molar-refractivity contribution in [2.75, 3.05) is 0 Å². The zero-order valence-corrected chi connectivity index (χ0v) is 17.9. The lowest BCUT2D eigenvalue weighted by Crippen LogP contribution is -2.17. The van der Waals surface area contributed by atoms with Crippen LogP contribution < -0.4 is 10.2 Å². The fourth-order valence-corrected chi connectivity index (χ4v) is 3.78. The molecule has 0 aromatic heterocycles. The molecule has 0 saturated heterocycles. The van der Waals surface area contributed by atoms with Crippen LogP contribution in [0.25, 0.3) is 10.8 Å². The van der Waals surface area contributed by atoms with Crippen LogP contribution in [0.4, 0.5) is 0 Å². The molecule has 4 nitrogen and oxygen atoms in total. The Morgan fingerprint density at radius 1 is 0.903 bits per heavy atom. The molecule has 0 aliphatic rings. The Bertz CT molecular complexity index is 1230. The monoisotopic (exact) mass is 448 g/mol. The summed E-state index contributed by atoms with van der Waals surface area (Å²) in [4.78, 5) is 12.6. The molecule has 4 rings (SSSR count). The maximum absolute atomic E-state index is 12.6. The summed E-state index contributed by atoms with van der Waals surface area (Å²) in [6.07, 6.45) is 1.49. The summed E-state index contributed by atoms with van der Waals surface area (Å²) >= 11 is 12.7. The molecule has 0 unspecified atom stereocenters. The van der Waals surface area contributed by atoms with Gasteiger partial charge >= 0.3 is 0 Å². The maximum Gasteiger partial charge on any atom is 0.271 e. The smallest absolute Gasteiger partial charge is 0.271 e. The second-order valence-corrected chi connectivity index (χ2v) is 7.63. The molecule has 0 aliphatic carbocycles. The molecule has 4 aromatic carbocycles. The first-order valence-corrected chi connectivity index (χ1v) is 10.3. The molecule has 0 atom stereocenters. The third-order valence-electron chi connectivity index (χ3n) is 4.66. The van der Waals surface area contributed by atoms with Gasteiger partial charge < -0.3 is 4.74 Å². The number of hydrogen-bond donors (Lipinski definition) is 1. The van der Waals surface area contributed by atoms with E-state index in [1.807, 2.05) is 66.7 Å². The zero-order chi connectivity index (χ0) is 21.6. The molecule has 154 valence electrons. The van der Waals surface area contributed by atoms with Gasteiger partial charge in [0, 0.05) is 5.56 Å². The first-order valence-electron chi connectivity index (χ1n) is 9.59. The SMILES string of the molecule is O=C(N/N=C\c1cc(Cl)c(OCc2ccccc2)c(Cl)c1)c1cccc2ccccc12. The molecular formula is C25H18Cl2N2O2. The summed E-state index contributed by atoms with van der Waals surface area (Å²) in [6.45, 7) is 0.356. The molecule has 0 aliphatic heterocycles. The van der Waals surface area contributed by atoms with Gasteiger partial charge in [-0.1, -0.05) is 89.9 Å². The Labute approximate surface area is 190 Å². The van der Waals surface area contributed by atoms with Gasteiger partial charge in [-0.3, -0.25) is 4.79 Å². The number of fused-ring (bicyclic) bond motifs is 1. The highest BCUT2D eigenvalue weighted by Gasteiger charge is 2.11. The van der Waals surface area contributed by atoms with Gasteiger partial charge in [0.15, 0.2) is 5.75 Å². The Morgan fingerprint density at radius 2 is 1.58 bits per heavy atom. The van der Waals surface area contributed by atoms with Crippen molar-refractivity contribution < 1.29 is 9.53 Å². The van der Waals surface area contributed by atoms with E-state index in [9.17, 15) is 4.79 Å². The van der Waals surface area contributed by atoms with Gasteiger partial charge in [0.2, 0.25) is 0 Å². The molecule has 0 saturated carbocycles. The van der Waals surface area contributed by atoms with E-state index >= 15 is 0 Å². The number of ether oxygens (including phenoxy) is 1. The Kier molecular flexibility index (Phi) is 6.51. The van der Waals surface area contributed by atoms with Crippen molar-refractivity contribution >= 4 is 46.1 Å². The highest BCUT2D eigenvalue weighted by Crippen LogP contribution is 2.34. The third kappa shape index (κ3) is 5.05. The molecule has 1 N–H and O–H groups in total. The van der Waals surface area contributed by atoms with Crippen molar-refractivity contribution in [2.45, 2.75) is 6.61 Å². The average Bonchev–Trinajstić information content (AvgIpc) is 2.79. The van der Waals surface area contributed by atoms with Gasteiger partial charge in [0.25, 0.3) is 5.91 Å². The first kappa shape index (κ1) is 20.9. The van der Waals surface area contributed by atoms with E-state index in [-0.39, 0.29) is 5.91 Å². The summed E-state index contributed by atoms with van der Waals surface area (Å²) in [6, 6.07) is 26.4. The van der Waals surface area contributed by atoms with Crippen molar-refractivity contribution in [3.05, 3.63) is 112 Å². The van der Waals surface area contributed by atoms with Gasteiger partial charge in [0.1, 0.15) is 6.61 Å². The lowest BCUT2D eigenvalue weighted by atomic mass is 10.0. The summed E-state index contributed by atoms with van der Waals surface area (Å²) in [5.74, 6) is 0.109. The number of carbonyl (C=O) groups excluding carboxylic acids is 1. The van der Waals surface area contributed by atoms with Crippen LogP contribution in [-0.4, -0.2) is 12.1 Å². The van der Waals surface area contributed by atoms with E-state index in [1.54, 1.807) is 18.2 Å². The second-order valence-electron chi connectivity index (χ2n) is 6.81. The molecular weight excluding hydrogens is 431 g/mol. The van der Waals surface area contributed by atoms with E-state index < -0.39 is 0 Å². The quantitative estimate of drug-likeness (QED) is 0.270. The summed E-state index contributed by atoms with van der Waals surface area (Å²) in [7, 11) is 0. The Morgan fingerprint density at radius 3 is 2.35 bits per heavy atom. The van der Waals surface area contributed by atoms with Crippen molar-refractivity contribution in [1.82, 2.24) is 5.43 Å². The molecule has 4 aromatic rings. The van der Waals surface area contributed by atoms with Crippen LogP contribution in [0.5, 0.6) is 5.75 Å². The number of halogens is 2. The van der Waals surface area contributed by atoms with E-state index in [4.69, 9.17) is 27.9 Å². The fraction of sp³-hybridized carbons (Fsp3) is 0.0400.